The maximum atomic E-state index is 11.9. The van der Waals surface area contributed by atoms with E-state index in [1.54, 1.807) is 0 Å². The van der Waals surface area contributed by atoms with Gasteiger partial charge < -0.3 is 5.11 Å². The second kappa shape index (κ2) is 4.63. The Hall–Kier alpha value is -1.52. The van der Waals surface area contributed by atoms with Gasteiger partial charge in [-0.05, 0) is 25.2 Å². The van der Waals surface area contributed by atoms with Crippen LogP contribution in [0.3, 0.4) is 0 Å². The van der Waals surface area contributed by atoms with E-state index in [1.165, 1.54) is 11.5 Å². The zero-order valence-electron chi connectivity index (χ0n) is 11.1. The maximum absolute atomic E-state index is 11.9. The Bertz CT molecular complexity index is 558. The minimum atomic E-state index is -0.509. The third-order valence-corrected chi connectivity index (χ3v) is 4.34. The lowest BCUT2D eigenvalue weighted by molar-refractivity contribution is 0.169. The Morgan fingerprint density at radius 2 is 1.94 bits per heavy atom. The predicted octanol–water partition coefficient (Wildman–Crippen LogP) is 1.55. The monoisotopic (exact) mass is 252 g/mol. The molecule has 0 amide bonds. The Labute approximate surface area is 105 Å². The Morgan fingerprint density at radius 1 is 1.28 bits per heavy atom. The average molecular weight is 252 g/mol. The van der Waals surface area contributed by atoms with Gasteiger partial charge in [0.1, 0.15) is 0 Å². The molecule has 18 heavy (non-hydrogen) atoms. The topological polar surface area (TPSA) is 75.1 Å². The molecule has 1 heterocycles. The van der Waals surface area contributed by atoms with Gasteiger partial charge >= 0.3 is 5.69 Å². The summed E-state index contributed by atoms with van der Waals surface area (Å²) in [4.78, 5) is 25.6. The van der Waals surface area contributed by atoms with Crippen molar-refractivity contribution in [3.8, 4) is 5.88 Å². The normalized spacial score (nSPS) is 28.3. The molecular formula is C13H20N2O3. The molecule has 1 aromatic rings. The quantitative estimate of drug-likeness (QED) is 0.796. The summed E-state index contributed by atoms with van der Waals surface area (Å²) >= 11 is 0. The summed E-state index contributed by atoms with van der Waals surface area (Å²) in [6.07, 6.45) is 3.06. The molecule has 1 aromatic heterocycles. The van der Waals surface area contributed by atoms with Gasteiger partial charge in [0.15, 0.2) is 0 Å². The summed E-state index contributed by atoms with van der Waals surface area (Å²) in [5, 5.41) is 10.1. The molecule has 0 aliphatic heterocycles. The van der Waals surface area contributed by atoms with Crippen LogP contribution in [0.25, 0.3) is 0 Å². The lowest BCUT2D eigenvalue weighted by Gasteiger charge is -2.35. The van der Waals surface area contributed by atoms with Crippen LogP contribution in [0, 0.1) is 18.8 Å². The van der Waals surface area contributed by atoms with Gasteiger partial charge in [-0.15, -0.1) is 0 Å². The van der Waals surface area contributed by atoms with Gasteiger partial charge in [0.2, 0.25) is 5.88 Å². The Balaban J connectivity index is 2.54. The van der Waals surface area contributed by atoms with Crippen molar-refractivity contribution in [1.29, 1.82) is 0 Å². The molecule has 0 radical (unpaired) electrons. The maximum Gasteiger partial charge on any atom is 0.331 e. The first-order valence-corrected chi connectivity index (χ1v) is 6.48. The lowest BCUT2D eigenvalue weighted by atomic mass is 9.78. The highest BCUT2D eigenvalue weighted by Crippen LogP contribution is 2.38. The second-order valence-corrected chi connectivity index (χ2v) is 5.41. The third kappa shape index (κ3) is 1.98. The molecule has 5 nitrogen and oxygen atoms in total. The van der Waals surface area contributed by atoms with Crippen molar-refractivity contribution in [2.45, 2.75) is 46.1 Å². The van der Waals surface area contributed by atoms with Gasteiger partial charge in [0, 0.05) is 6.04 Å². The van der Waals surface area contributed by atoms with Crippen LogP contribution in [-0.4, -0.2) is 14.7 Å². The van der Waals surface area contributed by atoms with Crippen molar-refractivity contribution < 1.29 is 5.11 Å². The molecule has 1 fully saturated rings. The van der Waals surface area contributed by atoms with Gasteiger partial charge in [0.25, 0.3) is 5.56 Å². The zero-order valence-corrected chi connectivity index (χ0v) is 11.1. The minimum Gasteiger partial charge on any atom is -0.494 e. The van der Waals surface area contributed by atoms with E-state index in [0.29, 0.717) is 11.8 Å². The Kier molecular flexibility index (Phi) is 3.32. The number of hydrogen-bond donors (Lipinski definition) is 2. The van der Waals surface area contributed by atoms with Crippen LogP contribution in [0.1, 0.15) is 44.7 Å². The summed E-state index contributed by atoms with van der Waals surface area (Å²) in [6.45, 7) is 5.79. The van der Waals surface area contributed by atoms with Crippen LogP contribution >= 0.6 is 0 Å². The van der Waals surface area contributed by atoms with Gasteiger partial charge in [-0.2, -0.15) is 0 Å². The van der Waals surface area contributed by atoms with Crippen LogP contribution < -0.4 is 11.2 Å². The van der Waals surface area contributed by atoms with Crippen molar-refractivity contribution in [1.82, 2.24) is 9.55 Å². The summed E-state index contributed by atoms with van der Waals surface area (Å²) < 4.78 is 1.36. The minimum absolute atomic E-state index is 0.0307. The SMILES string of the molecule is Cc1c(O)n(C2CCCC(C)C2C)c(=O)[nH]c1=O. The van der Waals surface area contributed by atoms with E-state index in [0.717, 1.165) is 19.3 Å². The molecule has 1 aliphatic carbocycles. The first kappa shape index (κ1) is 12.9. The highest BCUT2D eigenvalue weighted by Gasteiger charge is 2.31. The molecular weight excluding hydrogens is 232 g/mol. The summed E-state index contributed by atoms with van der Waals surface area (Å²) in [7, 11) is 0. The Morgan fingerprint density at radius 3 is 2.61 bits per heavy atom. The molecule has 5 heteroatoms. The van der Waals surface area contributed by atoms with Crippen LogP contribution in [0.2, 0.25) is 0 Å². The van der Waals surface area contributed by atoms with E-state index < -0.39 is 11.2 Å². The van der Waals surface area contributed by atoms with Crippen LogP contribution in [-0.2, 0) is 0 Å². The fourth-order valence-electron chi connectivity index (χ4n) is 2.86. The van der Waals surface area contributed by atoms with Crippen molar-refractivity contribution >= 4 is 0 Å². The molecule has 3 atom stereocenters. The molecule has 0 saturated heterocycles. The molecule has 0 aromatic carbocycles. The summed E-state index contributed by atoms with van der Waals surface area (Å²) in [5.74, 6) is 0.643. The number of aromatic amines is 1. The molecule has 1 saturated carbocycles. The van der Waals surface area contributed by atoms with E-state index in [9.17, 15) is 14.7 Å². The lowest BCUT2D eigenvalue weighted by Crippen LogP contribution is -2.38. The number of nitrogens with zero attached hydrogens (tertiary/aromatic N) is 1. The number of hydrogen-bond acceptors (Lipinski definition) is 3. The van der Waals surface area contributed by atoms with Crippen molar-refractivity contribution in [2.24, 2.45) is 11.8 Å². The highest BCUT2D eigenvalue weighted by atomic mass is 16.3. The number of nitrogens with one attached hydrogen (secondary N) is 1. The van der Waals surface area contributed by atoms with E-state index >= 15 is 0 Å². The van der Waals surface area contributed by atoms with Gasteiger partial charge in [0.05, 0.1) is 5.56 Å². The molecule has 1 aliphatic rings. The van der Waals surface area contributed by atoms with E-state index in [2.05, 4.69) is 18.8 Å². The van der Waals surface area contributed by atoms with E-state index in [1.807, 2.05) is 0 Å². The first-order chi connectivity index (χ1) is 8.43. The van der Waals surface area contributed by atoms with Crippen molar-refractivity contribution in [3.63, 3.8) is 0 Å². The average Bonchev–Trinajstić information content (AvgIpc) is 2.32. The van der Waals surface area contributed by atoms with Crippen LogP contribution in [0.15, 0.2) is 9.59 Å². The smallest absolute Gasteiger partial charge is 0.331 e. The molecule has 0 bridgehead atoms. The summed E-state index contributed by atoms with van der Waals surface area (Å²) in [5.41, 5.74) is -0.806. The molecule has 0 spiro atoms. The van der Waals surface area contributed by atoms with E-state index in [-0.39, 0.29) is 17.5 Å². The molecule has 2 N–H and O–H groups in total. The third-order valence-electron chi connectivity index (χ3n) is 4.34. The first-order valence-electron chi connectivity index (χ1n) is 6.48. The molecule has 2 rings (SSSR count). The fraction of sp³-hybridized carbons (Fsp3) is 0.692. The zero-order chi connectivity index (χ0) is 13.4. The number of aromatic hydroxyl groups is 1. The predicted molar refractivity (Wildman–Crippen MR) is 68.9 cm³/mol. The van der Waals surface area contributed by atoms with Crippen LogP contribution in [0.5, 0.6) is 5.88 Å². The standard InChI is InChI=1S/C13H20N2O3/c1-7-5-4-6-10(8(7)2)15-12(17)9(3)11(16)14-13(15)18/h7-8,10,17H,4-6H2,1-3H3,(H,14,16,18). The van der Waals surface area contributed by atoms with Crippen LogP contribution in [0.4, 0.5) is 0 Å². The second-order valence-electron chi connectivity index (χ2n) is 5.41. The van der Waals surface area contributed by atoms with E-state index in [4.69, 9.17) is 0 Å². The van der Waals surface area contributed by atoms with Gasteiger partial charge in [-0.25, -0.2) is 4.79 Å². The number of rotatable bonds is 1. The number of aromatic nitrogens is 2. The van der Waals surface area contributed by atoms with Gasteiger partial charge in [-0.3, -0.25) is 14.3 Å². The summed E-state index contributed by atoms with van der Waals surface area (Å²) in [6, 6.07) is -0.0307. The largest absolute Gasteiger partial charge is 0.494 e. The highest BCUT2D eigenvalue weighted by molar-refractivity contribution is 5.21. The fourth-order valence-corrected chi connectivity index (χ4v) is 2.86. The van der Waals surface area contributed by atoms with Crippen molar-refractivity contribution in [3.05, 3.63) is 26.4 Å². The van der Waals surface area contributed by atoms with Crippen molar-refractivity contribution in [2.75, 3.05) is 0 Å². The molecule has 100 valence electrons. The number of H-pyrrole nitrogens is 1. The van der Waals surface area contributed by atoms with Gasteiger partial charge in [-0.1, -0.05) is 26.7 Å². The molecule has 3 unspecified atom stereocenters.